The molecule has 0 amide bonds. The van der Waals surface area contributed by atoms with Gasteiger partial charge < -0.3 is 9.80 Å². The Balaban J connectivity index is 1.38. The Kier molecular flexibility index (Phi) is 6.42. The van der Waals surface area contributed by atoms with E-state index in [4.69, 9.17) is 0 Å². The van der Waals surface area contributed by atoms with Crippen LogP contribution in [0.25, 0.3) is 21.5 Å². The summed E-state index contributed by atoms with van der Waals surface area (Å²) in [5, 5.41) is 4.90. The van der Waals surface area contributed by atoms with Crippen LogP contribution in [-0.4, -0.2) is 0 Å². The molecule has 2 nitrogen and oxygen atoms in total. The summed E-state index contributed by atoms with van der Waals surface area (Å²) in [6, 6.07) is 58.6. The van der Waals surface area contributed by atoms with Crippen molar-refractivity contribution in [3.05, 3.63) is 169 Å². The normalized spacial score (nSPS) is 11.0. The van der Waals surface area contributed by atoms with Crippen LogP contribution in [0.3, 0.4) is 0 Å². The molecule has 7 aromatic rings. The van der Waals surface area contributed by atoms with Crippen LogP contribution < -0.4 is 9.80 Å². The zero-order valence-corrected chi connectivity index (χ0v) is 23.0. The molecule has 0 saturated heterocycles. The second kappa shape index (κ2) is 10.7. The number of para-hydroxylation sites is 1. The zero-order valence-electron chi connectivity index (χ0n) is 23.0. The maximum absolute atomic E-state index is 2.37. The third kappa shape index (κ3) is 4.81. The number of aryl methyl sites for hydroxylation is 1. The van der Waals surface area contributed by atoms with E-state index in [-0.39, 0.29) is 0 Å². The molecule has 0 unspecified atom stereocenters. The highest BCUT2D eigenvalue weighted by molar-refractivity contribution is 6.00. The molecule has 0 radical (unpaired) electrons. The van der Waals surface area contributed by atoms with Crippen LogP contribution in [-0.2, 0) is 0 Å². The van der Waals surface area contributed by atoms with E-state index in [0.29, 0.717) is 0 Å². The van der Waals surface area contributed by atoms with E-state index in [1.165, 1.54) is 27.1 Å². The van der Waals surface area contributed by atoms with Gasteiger partial charge in [-0.05, 0) is 89.8 Å². The number of hydrogen-bond donors (Lipinski definition) is 0. The molecule has 0 spiro atoms. The van der Waals surface area contributed by atoms with Gasteiger partial charge in [0, 0.05) is 33.8 Å². The second-order valence-corrected chi connectivity index (χ2v) is 10.4. The smallest absolute Gasteiger partial charge is 0.0540 e. The number of benzene rings is 7. The van der Waals surface area contributed by atoms with Crippen molar-refractivity contribution in [2.24, 2.45) is 0 Å². The van der Waals surface area contributed by atoms with Crippen LogP contribution in [0.2, 0.25) is 0 Å². The molecular formula is C39H30N2. The van der Waals surface area contributed by atoms with Crippen molar-refractivity contribution < 1.29 is 0 Å². The van der Waals surface area contributed by atoms with Crippen LogP contribution in [0.5, 0.6) is 0 Å². The van der Waals surface area contributed by atoms with Gasteiger partial charge in [-0.1, -0.05) is 103 Å². The molecule has 0 aliphatic carbocycles. The second-order valence-electron chi connectivity index (χ2n) is 10.4. The van der Waals surface area contributed by atoms with Gasteiger partial charge in [0.05, 0.1) is 5.69 Å². The lowest BCUT2D eigenvalue weighted by atomic mass is 10.0. The van der Waals surface area contributed by atoms with E-state index in [0.717, 1.165) is 34.1 Å². The third-order valence-electron chi connectivity index (χ3n) is 7.67. The van der Waals surface area contributed by atoms with Crippen molar-refractivity contribution in [2.45, 2.75) is 6.92 Å². The van der Waals surface area contributed by atoms with Gasteiger partial charge in [0.1, 0.15) is 0 Å². The van der Waals surface area contributed by atoms with Crippen molar-refractivity contribution in [3.8, 4) is 0 Å². The van der Waals surface area contributed by atoms with Gasteiger partial charge in [-0.25, -0.2) is 0 Å². The van der Waals surface area contributed by atoms with Gasteiger partial charge in [-0.15, -0.1) is 0 Å². The molecule has 0 aliphatic heterocycles. The van der Waals surface area contributed by atoms with E-state index in [9.17, 15) is 0 Å². The minimum Gasteiger partial charge on any atom is -0.311 e. The van der Waals surface area contributed by atoms with Gasteiger partial charge in [-0.2, -0.15) is 0 Å². The molecule has 0 saturated carbocycles. The minimum absolute atomic E-state index is 1.11. The standard InChI is InChI=1S/C39H30N2/c1-29-18-21-34(22-19-29)40(33-14-3-2-4-15-33)35-24-26-36(27-25-35)41(37-23-20-30-10-5-6-12-32(30)28-37)39-17-9-13-31-11-7-8-16-38(31)39/h2-28H,1H3. The SMILES string of the molecule is Cc1ccc(N(c2ccccc2)c2ccc(N(c3ccc4ccccc4c3)c3cccc4ccccc34)cc2)cc1. The Hall–Kier alpha value is -5.34. The first-order chi connectivity index (χ1) is 20.2. The van der Waals surface area contributed by atoms with E-state index in [1.807, 2.05) is 0 Å². The highest BCUT2D eigenvalue weighted by atomic mass is 15.2. The summed E-state index contributed by atoms with van der Waals surface area (Å²) in [6.45, 7) is 2.13. The first-order valence-electron chi connectivity index (χ1n) is 14.0. The maximum atomic E-state index is 2.37. The summed E-state index contributed by atoms with van der Waals surface area (Å²) in [7, 11) is 0. The van der Waals surface area contributed by atoms with Crippen molar-refractivity contribution in [2.75, 3.05) is 9.80 Å². The summed E-state index contributed by atoms with van der Waals surface area (Å²) in [5.41, 5.74) is 8.02. The molecule has 0 aliphatic rings. The minimum atomic E-state index is 1.11. The Morgan fingerprint density at radius 1 is 0.341 bits per heavy atom. The van der Waals surface area contributed by atoms with Gasteiger partial charge in [0.2, 0.25) is 0 Å². The largest absolute Gasteiger partial charge is 0.311 e. The predicted octanol–water partition coefficient (Wildman–Crippen LogP) is 11.2. The van der Waals surface area contributed by atoms with Crippen molar-refractivity contribution >= 4 is 55.7 Å². The summed E-state index contributed by atoms with van der Waals surface area (Å²) in [5.74, 6) is 0. The third-order valence-corrected chi connectivity index (χ3v) is 7.67. The average Bonchev–Trinajstić information content (AvgIpc) is 3.03. The van der Waals surface area contributed by atoms with E-state index >= 15 is 0 Å². The molecule has 196 valence electrons. The lowest BCUT2D eigenvalue weighted by Gasteiger charge is -2.29. The first-order valence-corrected chi connectivity index (χ1v) is 14.0. The summed E-state index contributed by atoms with van der Waals surface area (Å²) < 4.78 is 0. The molecule has 0 N–H and O–H groups in total. The molecule has 0 fully saturated rings. The van der Waals surface area contributed by atoms with E-state index < -0.39 is 0 Å². The van der Waals surface area contributed by atoms with Crippen molar-refractivity contribution in [1.29, 1.82) is 0 Å². The maximum Gasteiger partial charge on any atom is 0.0540 e. The number of rotatable bonds is 6. The van der Waals surface area contributed by atoms with Crippen LogP contribution in [0.1, 0.15) is 5.56 Å². The lowest BCUT2D eigenvalue weighted by Crippen LogP contribution is -2.12. The van der Waals surface area contributed by atoms with Crippen LogP contribution >= 0.6 is 0 Å². The van der Waals surface area contributed by atoms with E-state index in [2.05, 4.69) is 181 Å². The topological polar surface area (TPSA) is 6.48 Å². The van der Waals surface area contributed by atoms with Crippen LogP contribution in [0, 0.1) is 6.92 Å². The molecule has 41 heavy (non-hydrogen) atoms. The summed E-state index contributed by atoms with van der Waals surface area (Å²) in [4.78, 5) is 4.68. The molecule has 2 heteroatoms. The summed E-state index contributed by atoms with van der Waals surface area (Å²) in [6.07, 6.45) is 0. The lowest BCUT2D eigenvalue weighted by molar-refractivity contribution is 1.26. The zero-order chi connectivity index (χ0) is 27.6. The fraction of sp³-hybridized carbons (Fsp3) is 0.0256. The Morgan fingerprint density at radius 3 is 1.59 bits per heavy atom. The highest BCUT2D eigenvalue weighted by Gasteiger charge is 2.17. The van der Waals surface area contributed by atoms with Gasteiger partial charge in [0.25, 0.3) is 0 Å². The first kappa shape index (κ1) is 24.7. The Bertz CT molecular complexity index is 1940. The van der Waals surface area contributed by atoms with Crippen molar-refractivity contribution in [1.82, 2.24) is 0 Å². The Labute approximate surface area is 241 Å². The average molecular weight is 527 g/mol. The number of hydrogen-bond acceptors (Lipinski definition) is 2. The van der Waals surface area contributed by atoms with Gasteiger partial charge in [0.15, 0.2) is 0 Å². The van der Waals surface area contributed by atoms with Crippen LogP contribution in [0.15, 0.2) is 164 Å². The molecule has 0 atom stereocenters. The molecule has 7 rings (SSSR count). The van der Waals surface area contributed by atoms with Gasteiger partial charge >= 0.3 is 0 Å². The molecule has 0 bridgehead atoms. The Morgan fingerprint density at radius 2 is 0.854 bits per heavy atom. The van der Waals surface area contributed by atoms with E-state index in [1.54, 1.807) is 0 Å². The predicted molar refractivity (Wildman–Crippen MR) is 176 cm³/mol. The summed E-state index contributed by atoms with van der Waals surface area (Å²) >= 11 is 0. The van der Waals surface area contributed by atoms with Crippen molar-refractivity contribution in [3.63, 3.8) is 0 Å². The molecule has 0 heterocycles. The monoisotopic (exact) mass is 526 g/mol. The fourth-order valence-corrected chi connectivity index (χ4v) is 5.62. The number of fused-ring (bicyclic) bond motifs is 2. The fourth-order valence-electron chi connectivity index (χ4n) is 5.62. The quantitative estimate of drug-likeness (QED) is 0.213. The molecular weight excluding hydrogens is 496 g/mol. The number of nitrogens with zero attached hydrogens (tertiary/aromatic N) is 2. The highest BCUT2D eigenvalue weighted by Crippen LogP contribution is 2.41. The van der Waals surface area contributed by atoms with Gasteiger partial charge in [-0.3, -0.25) is 0 Å². The molecule has 7 aromatic carbocycles. The van der Waals surface area contributed by atoms with Crippen LogP contribution in [0.4, 0.5) is 34.1 Å². The number of anilines is 6. The molecule has 0 aromatic heterocycles.